The molecule has 0 spiro atoms. The smallest absolute Gasteiger partial charge is 0.257 e. The van der Waals surface area contributed by atoms with E-state index in [4.69, 9.17) is 0 Å². The molecule has 1 aliphatic heterocycles. The summed E-state index contributed by atoms with van der Waals surface area (Å²) < 4.78 is 0.985. The zero-order valence-electron chi connectivity index (χ0n) is 13.1. The van der Waals surface area contributed by atoms with Gasteiger partial charge in [-0.2, -0.15) is 0 Å². The molecule has 2 heterocycles. The molecule has 0 bridgehead atoms. The molecular formula is C18H20BrN3O. The van der Waals surface area contributed by atoms with E-state index in [0.717, 1.165) is 34.9 Å². The van der Waals surface area contributed by atoms with E-state index in [2.05, 4.69) is 38.1 Å². The largest absolute Gasteiger partial charge is 0.370 e. The number of aromatic nitrogens is 1. The van der Waals surface area contributed by atoms with Crippen LogP contribution in [-0.2, 0) is 0 Å². The number of halogens is 1. The van der Waals surface area contributed by atoms with Crippen molar-refractivity contribution in [3.63, 3.8) is 0 Å². The molecule has 0 saturated carbocycles. The standard InChI is InChI=1S/C18H20BrN3O/c1-13-6-8-22(9-7-13)17-10-14(11-20-12-17)18(23)21-16-4-2-15(19)3-5-16/h2-5,10-13H,6-9H2,1H3,(H,21,23). The number of piperidine rings is 1. The number of carbonyl (C=O) groups is 1. The third-order valence-corrected chi connectivity index (χ3v) is 4.77. The van der Waals surface area contributed by atoms with E-state index in [-0.39, 0.29) is 5.91 Å². The molecule has 120 valence electrons. The van der Waals surface area contributed by atoms with Crippen LogP contribution in [0.25, 0.3) is 0 Å². The molecule has 3 rings (SSSR count). The summed E-state index contributed by atoms with van der Waals surface area (Å²) in [6, 6.07) is 9.46. The summed E-state index contributed by atoms with van der Waals surface area (Å²) in [7, 11) is 0. The zero-order valence-corrected chi connectivity index (χ0v) is 14.7. The number of rotatable bonds is 3. The van der Waals surface area contributed by atoms with E-state index in [1.54, 1.807) is 6.20 Å². The second-order valence-electron chi connectivity index (χ2n) is 6.06. The molecular weight excluding hydrogens is 354 g/mol. The van der Waals surface area contributed by atoms with Crippen LogP contribution in [0.2, 0.25) is 0 Å². The molecule has 2 aromatic rings. The first-order valence-corrected chi connectivity index (χ1v) is 8.68. The van der Waals surface area contributed by atoms with Crippen molar-refractivity contribution in [2.45, 2.75) is 19.8 Å². The Bertz CT molecular complexity index is 679. The Morgan fingerprint density at radius 2 is 1.91 bits per heavy atom. The summed E-state index contributed by atoms with van der Waals surface area (Å²) in [5.41, 5.74) is 2.39. The number of benzene rings is 1. The fraction of sp³-hybridized carbons (Fsp3) is 0.333. The van der Waals surface area contributed by atoms with E-state index >= 15 is 0 Å². The highest BCUT2D eigenvalue weighted by atomic mass is 79.9. The van der Waals surface area contributed by atoms with E-state index in [1.165, 1.54) is 12.8 Å². The topological polar surface area (TPSA) is 45.2 Å². The molecule has 1 aromatic carbocycles. The molecule has 5 heteroatoms. The van der Waals surface area contributed by atoms with Crippen molar-refractivity contribution >= 4 is 33.2 Å². The quantitative estimate of drug-likeness (QED) is 0.870. The molecule has 1 saturated heterocycles. The normalized spacial score (nSPS) is 15.5. The lowest BCUT2D eigenvalue weighted by atomic mass is 9.99. The van der Waals surface area contributed by atoms with Gasteiger partial charge in [0.1, 0.15) is 0 Å². The monoisotopic (exact) mass is 373 g/mol. The van der Waals surface area contributed by atoms with Crippen molar-refractivity contribution in [2.24, 2.45) is 5.92 Å². The molecule has 1 aromatic heterocycles. The lowest BCUT2D eigenvalue weighted by Crippen LogP contribution is -2.33. The van der Waals surface area contributed by atoms with E-state index < -0.39 is 0 Å². The Morgan fingerprint density at radius 3 is 2.61 bits per heavy atom. The maximum atomic E-state index is 12.4. The highest BCUT2D eigenvalue weighted by Crippen LogP contribution is 2.23. The Kier molecular flexibility index (Phi) is 4.96. The van der Waals surface area contributed by atoms with Gasteiger partial charge in [0, 0.05) is 29.4 Å². The zero-order chi connectivity index (χ0) is 16.2. The molecule has 0 radical (unpaired) electrons. The van der Waals surface area contributed by atoms with Crippen molar-refractivity contribution in [1.29, 1.82) is 0 Å². The van der Waals surface area contributed by atoms with Gasteiger partial charge in [-0.15, -0.1) is 0 Å². The Labute approximate surface area is 145 Å². The molecule has 0 aliphatic carbocycles. The summed E-state index contributed by atoms with van der Waals surface area (Å²) >= 11 is 3.39. The van der Waals surface area contributed by atoms with Crippen LogP contribution < -0.4 is 10.2 Å². The number of amides is 1. The highest BCUT2D eigenvalue weighted by Gasteiger charge is 2.17. The predicted molar refractivity (Wildman–Crippen MR) is 96.9 cm³/mol. The van der Waals surface area contributed by atoms with Gasteiger partial charge in [0.05, 0.1) is 17.4 Å². The van der Waals surface area contributed by atoms with Gasteiger partial charge in [-0.25, -0.2) is 0 Å². The van der Waals surface area contributed by atoms with Crippen LogP contribution in [0, 0.1) is 5.92 Å². The predicted octanol–water partition coefficient (Wildman–Crippen LogP) is 4.33. The third kappa shape index (κ3) is 4.10. The Morgan fingerprint density at radius 1 is 1.22 bits per heavy atom. The molecule has 4 nitrogen and oxygen atoms in total. The molecule has 1 fully saturated rings. The Balaban J connectivity index is 1.71. The fourth-order valence-corrected chi connectivity index (χ4v) is 2.99. The van der Waals surface area contributed by atoms with Crippen molar-refractivity contribution in [1.82, 2.24) is 4.98 Å². The van der Waals surface area contributed by atoms with Crippen LogP contribution in [0.1, 0.15) is 30.1 Å². The average Bonchev–Trinajstić information content (AvgIpc) is 2.58. The van der Waals surface area contributed by atoms with E-state index in [0.29, 0.717) is 5.56 Å². The summed E-state index contributed by atoms with van der Waals surface area (Å²) in [6.07, 6.45) is 5.83. The SMILES string of the molecule is CC1CCN(c2cncc(C(=O)Nc3ccc(Br)cc3)c2)CC1. The van der Waals surface area contributed by atoms with Crippen LogP contribution in [0.4, 0.5) is 11.4 Å². The summed E-state index contributed by atoms with van der Waals surface area (Å²) in [4.78, 5) is 19.0. The Hall–Kier alpha value is -1.88. The van der Waals surface area contributed by atoms with Gasteiger partial charge in [0.25, 0.3) is 5.91 Å². The molecule has 1 amide bonds. The van der Waals surface area contributed by atoms with E-state index in [1.807, 2.05) is 36.5 Å². The highest BCUT2D eigenvalue weighted by molar-refractivity contribution is 9.10. The number of anilines is 2. The van der Waals surface area contributed by atoms with Gasteiger partial charge in [0.15, 0.2) is 0 Å². The van der Waals surface area contributed by atoms with Crippen molar-refractivity contribution < 1.29 is 4.79 Å². The van der Waals surface area contributed by atoms with Gasteiger partial charge in [-0.05, 0) is 49.1 Å². The molecule has 23 heavy (non-hydrogen) atoms. The first-order valence-electron chi connectivity index (χ1n) is 7.89. The van der Waals surface area contributed by atoms with Gasteiger partial charge >= 0.3 is 0 Å². The number of carbonyl (C=O) groups excluding carboxylic acids is 1. The van der Waals surface area contributed by atoms with Crippen LogP contribution in [0.15, 0.2) is 47.2 Å². The van der Waals surface area contributed by atoms with Gasteiger partial charge in [-0.1, -0.05) is 22.9 Å². The van der Waals surface area contributed by atoms with Crippen molar-refractivity contribution in [3.8, 4) is 0 Å². The van der Waals surface area contributed by atoms with Crippen LogP contribution in [0.3, 0.4) is 0 Å². The van der Waals surface area contributed by atoms with E-state index in [9.17, 15) is 4.79 Å². The van der Waals surface area contributed by atoms with Crippen LogP contribution in [-0.4, -0.2) is 24.0 Å². The fourth-order valence-electron chi connectivity index (χ4n) is 2.73. The minimum absolute atomic E-state index is 0.132. The minimum Gasteiger partial charge on any atom is -0.370 e. The third-order valence-electron chi connectivity index (χ3n) is 4.24. The molecule has 1 N–H and O–H groups in total. The van der Waals surface area contributed by atoms with Crippen molar-refractivity contribution in [3.05, 3.63) is 52.8 Å². The molecule has 0 atom stereocenters. The maximum Gasteiger partial charge on any atom is 0.257 e. The molecule has 0 unspecified atom stereocenters. The van der Waals surface area contributed by atoms with Gasteiger partial charge in [0.2, 0.25) is 0 Å². The number of nitrogens with one attached hydrogen (secondary N) is 1. The number of hydrogen-bond acceptors (Lipinski definition) is 3. The summed E-state index contributed by atoms with van der Waals surface area (Å²) in [6.45, 7) is 4.35. The molecule has 1 aliphatic rings. The second-order valence-corrected chi connectivity index (χ2v) is 6.98. The first-order chi connectivity index (χ1) is 11.1. The number of nitrogens with zero attached hydrogens (tertiary/aromatic N) is 2. The number of pyridine rings is 1. The second kappa shape index (κ2) is 7.13. The average molecular weight is 374 g/mol. The maximum absolute atomic E-state index is 12.4. The van der Waals surface area contributed by atoms with Crippen LogP contribution in [0.5, 0.6) is 0 Å². The van der Waals surface area contributed by atoms with Crippen LogP contribution >= 0.6 is 15.9 Å². The summed E-state index contributed by atoms with van der Waals surface area (Å²) in [5.74, 6) is 0.648. The minimum atomic E-state index is -0.132. The lowest BCUT2D eigenvalue weighted by molar-refractivity contribution is 0.102. The van der Waals surface area contributed by atoms with Gasteiger partial charge < -0.3 is 10.2 Å². The van der Waals surface area contributed by atoms with Crippen molar-refractivity contribution in [2.75, 3.05) is 23.3 Å². The number of hydrogen-bond donors (Lipinski definition) is 1. The van der Waals surface area contributed by atoms with Gasteiger partial charge in [-0.3, -0.25) is 9.78 Å². The summed E-state index contributed by atoms with van der Waals surface area (Å²) in [5, 5.41) is 2.90. The lowest BCUT2D eigenvalue weighted by Gasteiger charge is -2.32. The first kappa shape index (κ1) is 16.0.